The number of amides is 1. The van der Waals surface area contributed by atoms with Crippen molar-refractivity contribution in [3.8, 4) is 0 Å². The summed E-state index contributed by atoms with van der Waals surface area (Å²) in [6.45, 7) is 4.92. The van der Waals surface area contributed by atoms with Crippen LogP contribution in [0.5, 0.6) is 0 Å². The number of hydrogen-bond donors (Lipinski definition) is 0. The first-order valence-electron chi connectivity index (χ1n) is 5.58. The Morgan fingerprint density at radius 1 is 1.38 bits per heavy atom. The molecule has 1 unspecified atom stereocenters. The number of carbonyl (C=O) groups is 1. The number of benzene rings is 1. The zero-order chi connectivity index (χ0) is 12.0. The van der Waals surface area contributed by atoms with Gasteiger partial charge in [0.25, 0.3) is 5.24 Å². The molecule has 0 heterocycles. The van der Waals surface area contributed by atoms with Gasteiger partial charge in [-0.25, -0.2) is 0 Å². The molecule has 0 aromatic heterocycles. The smallest absolute Gasteiger partial charge is 0.281 e. The number of likely N-dealkylation sites (N-methyl/N-ethyl adjacent to an activating group) is 1. The molecule has 0 radical (unpaired) electrons. The molecule has 1 aromatic rings. The lowest BCUT2D eigenvalue weighted by molar-refractivity contribution is 0.231. The van der Waals surface area contributed by atoms with E-state index >= 15 is 0 Å². The van der Waals surface area contributed by atoms with Crippen molar-refractivity contribution in [2.45, 2.75) is 19.8 Å². The first-order valence-corrected chi connectivity index (χ1v) is 6.56. The fourth-order valence-corrected chi connectivity index (χ4v) is 2.15. The van der Waals surface area contributed by atoms with Crippen molar-refractivity contribution in [1.29, 1.82) is 0 Å². The fourth-order valence-electron chi connectivity index (χ4n) is 1.61. The van der Waals surface area contributed by atoms with Crippen LogP contribution < -0.4 is 0 Å². The molecule has 0 saturated heterocycles. The molecule has 0 fully saturated rings. The highest BCUT2D eigenvalue weighted by Gasteiger charge is 2.13. The maximum absolute atomic E-state index is 11.6. The molecular formula is C13H19NOS. The van der Waals surface area contributed by atoms with Gasteiger partial charge >= 0.3 is 0 Å². The van der Waals surface area contributed by atoms with Crippen molar-refractivity contribution in [2.75, 3.05) is 19.3 Å². The predicted molar refractivity (Wildman–Crippen MR) is 71.0 cm³/mol. The summed E-state index contributed by atoms with van der Waals surface area (Å²) in [7, 11) is 1.87. The Balaban J connectivity index is 2.51. The van der Waals surface area contributed by atoms with Gasteiger partial charge in [0.05, 0.1) is 0 Å². The first-order chi connectivity index (χ1) is 7.65. The van der Waals surface area contributed by atoms with Crippen molar-refractivity contribution in [2.24, 2.45) is 0 Å². The first kappa shape index (κ1) is 13.1. The summed E-state index contributed by atoms with van der Waals surface area (Å²) in [5, 5.41) is 0.158. The second-order valence-electron chi connectivity index (χ2n) is 3.89. The van der Waals surface area contributed by atoms with Gasteiger partial charge < -0.3 is 4.90 Å². The standard InChI is InChI=1S/C13H19NOS/c1-4-16-13(15)14(3)10-11(2)12-8-6-5-7-9-12/h5-9,11H,4,10H2,1-3H3. The van der Waals surface area contributed by atoms with Crippen molar-refractivity contribution in [3.05, 3.63) is 35.9 Å². The van der Waals surface area contributed by atoms with Crippen LogP contribution in [0.2, 0.25) is 0 Å². The number of rotatable bonds is 4. The van der Waals surface area contributed by atoms with Gasteiger partial charge in [-0.05, 0) is 17.2 Å². The molecule has 16 heavy (non-hydrogen) atoms. The third-order valence-electron chi connectivity index (χ3n) is 2.50. The van der Waals surface area contributed by atoms with Gasteiger partial charge in [-0.1, -0.05) is 55.9 Å². The van der Waals surface area contributed by atoms with Gasteiger partial charge in [-0.2, -0.15) is 0 Å². The Morgan fingerprint density at radius 3 is 2.56 bits per heavy atom. The minimum atomic E-state index is 0.158. The maximum atomic E-state index is 11.6. The lowest BCUT2D eigenvalue weighted by Crippen LogP contribution is -2.27. The Morgan fingerprint density at radius 2 is 2.00 bits per heavy atom. The topological polar surface area (TPSA) is 20.3 Å². The molecule has 0 saturated carbocycles. The second kappa shape index (κ2) is 6.59. The summed E-state index contributed by atoms with van der Waals surface area (Å²) >= 11 is 1.36. The number of hydrogen-bond acceptors (Lipinski definition) is 2. The van der Waals surface area contributed by atoms with Gasteiger partial charge in [0.1, 0.15) is 0 Å². The zero-order valence-corrected chi connectivity index (χ0v) is 11.0. The van der Waals surface area contributed by atoms with E-state index in [-0.39, 0.29) is 5.24 Å². The Kier molecular flexibility index (Phi) is 5.39. The molecule has 0 spiro atoms. The van der Waals surface area contributed by atoms with Gasteiger partial charge in [0, 0.05) is 13.6 Å². The van der Waals surface area contributed by atoms with Gasteiger partial charge in [0.2, 0.25) is 0 Å². The second-order valence-corrected chi connectivity index (χ2v) is 5.11. The van der Waals surface area contributed by atoms with E-state index in [0.717, 1.165) is 12.3 Å². The minimum Gasteiger partial charge on any atom is -0.336 e. The van der Waals surface area contributed by atoms with E-state index in [1.54, 1.807) is 4.90 Å². The Labute approximate surface area is 102 Å². The lowest BCUT2D eigenvalue weighted by Gasteiger charge is -2.21. The largest absolute Gasteiger partial charge is 0.336 e. The molecule has 88 valence electrons. The van der Waals surface area contributed by atoms with E-state index in [1.165, 1.54) is 17.3 Å². The van der Waals surface area contributed by atoms with E-state index in [0.29, 0.717) is 5.92 Å². The quantitative estimate of drug-likeness (QED) is 0.797. The average molecular weight is 237 g/mol. The molecule has 1 amide bonds. The molecule has 1 aromatic carbocycles. The summed E-state index contributed by atoms with van der Waals surface area (Å²) in [5.41, 5.74) is 1.28. The Bertz CT molecular complexity index is 326. The van der Waals surface area contributed by atoms with Crippen LogP contribution in [0.3, 0.4) is 0 Å². The molecule has 1 rings (SSSR count). The average Bonchev–Trinajstić information content (AvgIpc) is 2.30. The number of thioether (sulfide) groups is 1. The third-order valence-corrected chi connectivity index (χ3v) is 3.34. The van der Waals surface area contributed by atoms with Crippen LogP contribution in [-0.4, -0.2) is 29.5 Å². The minimum absolute atomic E-state index is 0.158. The number of carbonyl (C=O) groups excluding carboxylic acids is 1. The normalized spacial score (nSPS) is 12.2. The van der Waals surface area contributed by atoms with Crippen LogP contribution in [0.25, 0.3) is 0 Å². The Hall–Kier alpha value is -0.960. The molecule has 2 nitrogen and oxygen atoms in total. The van der Waals surface area contributed by atoms with Crippen LogP contribution in [0.4, 0.5) is 4.79 Å². The summed E-state index contributed by atoms with van der Waals surface area (Å²) in [4.78, 5) is 13.4. The van der Waals surface area contributed by atoms with Crippen molar-refractivity contribution >= 4 is 17.0 Å². The van der Waals surface area contributed by atoms with Crippen molar-refractivity contribution < 1.29 is 4.79 Å². The van der Waals surface area contributed by atoms with Crippen LogP contribution in [0.1, 0.15) is 25.3 Å². The van der Waals surface area contributed by atoms with Gasteiger partial charge in [0.15, 0.2) is 0 Å². The molecule has 0 aliphatic carbocycles. The van der Waals surface area contributed by atoms with Crippen molar-refractivity contribution in [1.82, 2.24) is 4.90 Å². The fraction of sp³-hybridized carbons (Fsp3) is 0.462. The predicted octanol–water partition coefficient (Wildman–Crippen LogP) is 3.60. The highest BCUT2D eigenvalue weighted by Crippen LogP contribution is 2.17. The molecule has 0 N–H and O–H groups in total. The molecule has 3 heteroatoms. The number of nitrogens with zero attached hydrogens (tertiary/aromatic N) is 1. The summed E-state index contributed by atoms with van der Waals surface area (Å²) in [6.07, 6.45) is 0. The van der Waals surface area contributed by atoms with E-state index < -0.39 is 0 Å². The lowest BCUT2D eigenvalue weighted by atomic mass is 10.0. The monoisotopic (exact) mass is 237 g/mol. The van der Waals surface area contributed by atoms with E-state index in [2.05, 4.69) is 19.1 Å². The molecular weight excluding hydrogens is 218 g/mol. The maximum Gasteiger partial charge on any atom is 0.281 e. The summed E-state index contributed by atoms with van der Waals surface area (Å²) < 4.78 is 0. The van der Waals surface area contributed by atoms with Crippen LogP contribution in [0.15, 0.2) is 30.3 Å². The zero-order valence-electron chi connectivity index (χ0n) is 10.1. The molecule has 0 aliphatic heterocycles. The van der Waals surface area contributed by atoms with Crippen molar-refractivity contribution in [3.63, 3.8) is 0 Å². The summed E-state index contributed by atoms with van der Waals surface area (Å²) in [6, 6.07) is 10.3. The highest BCUT2D eigenvalue weighted by molar-refractivity contribution is 8.13. The van der Waals surface area contributed by atoms with Crippen LogP contribution in [0, 0.1) is 0 Å². The SMILES string of the molecule is CCSC(=O)N(C)CC(C)c1ccccc1. The van der Waals surface area contributed by atoms with E-state index in [9.17, 15) is 4.79 Å². The summed E-state index contributed by atoms with van der Waals surface area (Å²) in [5.74, 6) is 1.22. The molecule has 0 bridgehead atoms. The van der Waals surface area contributed by atoms with E-state index in [1.807, 2.05) is 32.2 Å². The molecule has 1 atom stereocenters. The van der Waals surface area contributed by atoms with Crippen LogP contribution >= 0.6 is 11.8 Å². The highest BCUT2D eigenvalue weighted by atomic mass is 32.2. The van der Waals surface area contributed by atoms with Gasteiger partial charge in [-0.3, -0.25) is 4.79 Å². The van der Waals surface area contributed by atoms with E-state index in [4.69, 9.17) is 0 Å². The van der Waals surface area contributed by atoms with Crippen LogP contribution in [-0.2, 0) is 0 Å². The molecule has 0 aliphatic rings. The van der Waals surface area contributed by atoms with Gasteiger partial charge in [-0.15, -0.1) is 0 Å². The third kappa shape index (κ3) is 3.89.